The van der Waals surface area contributed by atoms with Crippen molar-refractivity contribution in [2.24, 2.45) is 5.92 Å². The van der Waals surface area contributed by atoms with Crippen LogP contribution in [0.1, 0.15) is 59.7 Å². The number of hydrogen-bond donors (Lipinski definition) is 2. The molecule has 1 amide bonds. The number of benzene rings is 2. The average molecular weight is 453 g/mol. The van der Waals surface area contributed by atoms with Crippen LogP contribution in [0.15, 0.2) is 60.9 Å². The van der Waals surface area contributed by atoms with Gasteiger partial charge in [0.2, 0.25) is 5.95 Å². The minimum Gasteiger partial charge on any atom is -0.378 e. The lowest BCUT2D eigenvalue weighted by Crippen LogP contribution is -2.50. The lowest BCUT2D eigenvalue weighted by Gasteiger charge is -2.52. The highest BCUT2D eigenvalue weighted by Crippen LogP contribution is 2.54. The van der Waals surface area contributed by atoms with E-state index in [1.54, 1.807) is 6.92 Å². The average Bonchev–Trinajstić information content (AvgIpc) is 2.85. The summed E-state index contributed by atoms with van der Waals surface area (Å²) >= 11 is 0. The van der Waals surface area contributed by atoms with Crippen LogP contribution in [-0.2, 0) is 18.3 Å². The Labute approximate surface area is 199 Å². The van der Waals surface area contributed by atoms with Crippen molar-refractivity contribution in [3.05, 3.63) is 83.2 Å². The van der Waals surface area contributed by atoms with Crippen LogP contribution < -0.4 is 5.32 Å². The number of anilines is 1. The molecule has 172 valence electrons. The lowest BCUT2D eigenvalue weighted by atomic mass is 9.52. The van der Waals surface area contributed by atoms with E-state index in [2.05, 4.69) is 62.7 Å². The molecule has 2 aromatic carbocycles. The summed E-state index contributed by atoms with van der Waals surface area (Å²) in [5.74, 6) is 6.28. The van der Waals surface area contributed by atoms with Crippen molar-refractivity contribution in [2.45, 2.75) is 56.5 Å². The SMILES string of the molecule is CC#C[C@@]1(O)CC[C@@]2(Cc3ccccc3)c3ccc(C(=O)Nc4nccnn4)cc3CC[C@@H]2C1. The van der Waals surface area contributed by atoms with Gasteiger partial charge in [0, 0.05) is 11.0 Å². The molecule has 0 bridgehead atoms. The molecule has 1 saturated carbocycles. The number of aromatic nitrogens is 3. The fourth-order valence-electron chi connectivity index (χ4n) is 5.94. The van der Waals surface area contributed by atoms with Gasteiger partial charge >= 0.3 is 0 Å². The van der Waals surface area contributed by atoms with Crippen molar-refractivity contribution in [1.29, 1.82) is 0 Å². The molecule has 0 saturated heterocycles. The molecule has 3 aromatic rings. The number of amides is 1. The fourth-order valence-corrected chi connectivity index (χ4v) is 5.94. The molecule has 0 spiro atoms. The third-order valence-corrected chi connectivity index (χ3v) is 7.44. The molecule has 0 aliphatic heterocycles. The predicted molar refractivity (Wildman–Crippen MR) is 130 cm³/mol. The number of fused-ring (bicyclic) bond motifs is 3. The third-order valence-electron chi connectivity index (χ3n) is 7.44. The lowest BCUT2D eigenvalue weighted by molar-refractivity contribution is -0.00801. The number of carbonyl (C=O) groups is 1. The topological polar surface area (TPSA) is 88.0 Å². The Hall–Kier alpha value is -3.56. The quantitative estimate of drug-likeness (QED) is 0.582. The largest absolute Gasteiger partial charge is 0.378 e. The number of carbonyl (C=O) groups excluding carboxylic acids is 1. The van der Waals surface area contributed by atoms with E-state index in [0.29, 0.717) is 24.3 Å². The Morgan fingerprint density at radius 3 is 2.79 bits per heavy atom. The van der Waals surface area contributed by atoms with Crippen LogP contribution in [0.3, 0.4) is 0 Å². The standard InChI is InChI=1S/C28H28N4O2/c1-2-12-27(34)13-14-28(18-20-6-4-3-5-7-20)23(19-27)10-8-21-17-22(9-11-24(21)28)25(33)31-26-29-15-16-30-32-26/h3-7,9,11,15-17,23,34H,8,10,13-14,18-19H2,1H3,(H,29,31,32,33)/t23-,27-,28+/m1/s1. The fraction of sp³-hybridized carbons (Fsp3) is 0.357. The second-order valence-corrected chi connectivity index (χ2v) is 9.46. The highest BCUT2D eigenvalue weighted by Gasteiger charge is 2.51. The summed E-state index contributed by atoms with van der Waals surface area (Å²) < 4.78 is 0. The van der Waals surface area contributed by atoms with Crippen LogP contribution in [0.25, 0.3) is 0 Å². The van der Waals surface area contributed by atoms with Crippen LogP contribution >= 0.6 is 0 Å². The molecule has 1 aromatic heterocycles. The molecular weight excluding hydrogens is 424 g/mol. The van der Waals surface area contributed by atoms with E-state index in [1.165, 1.54) is 29.1 Å². The third kappa shape index (κ3) is 4.20. The van der Waals surface area contributed by atoms with Gasteiger partial charge in [0.15, 0.2) is 0 Å². The van der Waals surface area contributed by atoms with Gasteiger partial charge in [0.25, 0.3) is 5.91 Å². The molecular formula is C28H28N4O2. The monoisotopic (exact) mass is 452 g/mol. The number of aliphatic hydroxyl groups is 1. The van der Waals surface area contributed by atoms with E-state index in [4.69, 9.17) is 0 Å². The Balaban J connectivity index is 1.50. The van der Waals surface area contributed by atoms with E-state index < -0.39 is 5.60 Å². The first-order chi connectivity index (χ1) is 16.5. The number of aryl methyl sites for hydroxylation is 1. The minimum absolute atomic E-state index is 0.0853. The first kappa shape index (κ1) is 22.2. The normalized spacial score (nSPS) is 25.3. The van der Waals surface area contributed by atoms with E-state index in [9.17, 15) is 9.90 Å². The molecule has 2 aliphatic carbocycles. The van der Waals surface area contributed by atoms with E-state index >= 15 is 0 Å². The maximum absolute atomic E-state index is 12.8. The van der Waals surface area contributed by atoms with Gasteiger partial charge in [-0.05, 0) is 80.2 Å². The van der Waals surface area contributed by atoms with Crippen molar-refractivity contribution in [3.63, 3.8) is 0 Å². The summed E-state index contributed by atoms with van der Waals surface area (Å²) in [5.41, 5.74) is 3.39. The van der Waals surface area contributed by atoms with Crippen LogP contribution in [0, 0.1) is 17.8 Å². The van der Waals surface area contributed by atoms with Crippen LogP contribution in [-0.4, -0.2) is 31.8 Å². The second kappa shape index (κ2) is 9.00. The molecule has 0 radical (unpaired) electrons. The highest BCUT2D eigenvalue weighted by atomic mass is 16.3. The Morgan fingerprint density at radius 2 is 2.03 bits per heavy atom. The van der Waals surface area contributed by atoms with Crippen LogP contribution in [0.2, 0.25) is 0 Å². The molecule has 2 N–H and O–H groups in total. The molecule has 3 atom stereocenters. The highest BCUT2D eigenvalue weighted by molar-refractivity contribution is 6.03. The number of nitrogens with zero attached hydrogens (tertiary/aromatic N) is 3. The van der Waals surface area contributed by atoms with Crippen molar-refractivity contribution in [2.75, 3.05) is 5.32 Å². The van der Waals surface area contributed by atoms with Gasteiger partial charge in [-0.25, -0.2) is 4.98 Å². The molecule has 2 aliphatic rings. The van der Waals surface area contributed by atoms with Crippen LogP contribution in [0.4, 0.5) is 5.95 Å². The zero-order valence-corrected chi connectivity index (χ0v) is 19.3. The molecule has 6 nitrogen and oxygen atoms in total. The van der Waals surface area contributed by atoms with Gasteiger partial charge in [-0.1, -0.05) is 42.3 Å². The second-order valence-electron chi connectivity index (χ2n) is 9.46. The summed E-state index contributed by atoms with van der Waals surface area (Å²) in [4.78, 5) is 16.9. The van der Waals surface area contributed by atoms with Crippen molar-refractivity contribution >= 4 is 11.9 Å². The minimum atomic E-state index is -0.916. The van der Waals surface area contributed by atoms with Gasteiger partial charge in [-0.3, -0.25) is 10.1 Å². The van der Waals surface area contributed by atoms with Crippen molar-refractivity contribution < 1.29 is 9.90 Å². The van der Waals surface area contributed by atoms with Gasteiger partial charge in [0.1, 0.15) is 5.60 Å². The van der Waals surface area contributed by atoms with Crippen molar-refractivity contribution in [1.82, 2.24) is 15.2 Å². The Morgan fingerprint density at radius 1 is 1.18 bits per heavy atom. The van der Waals surface area contributed by atoms with Crippen LogP contribution in [0.5, 0.6) is 0 Å². The maximum Gasteiger partial charge on any atom is 0.258 e. The summed E-state index contributed by atoms with van der Waals surface area (Å²) in [7, 11) is 0. The summed E-state index contributed by atoms with van der Waals surface area (Å²) in [5, 5.41) is 21.5. The number of rotatable bonds is 4. The summed E-state index contributed by atoms with van der Waals surface area (Å²) in [6.07, 6.45) is 7.90. The van der Waals surface area contributed by atoms with Gasteiger partial charge in [0.05, 0.1) is 12.4 Å². The smallest absolute Gasteiger partial charge is 0.258 e. The molecule has 1 heterocycles. The summed E-state index contributed by atoms with van der Waals surface area (Å²) in [6, 6.07) is 16.6. The van der Waals surface area contributed by atoms with Gasteiger partial charge in [-0.2, -0.15) is 5.10 Å². The number of hydrogen-bond acceptors (Lipinski definition) is 5. The maximum atomic E-state index is 12.8. The van der Waals surface area contributed by atoms with Gasteiger partial charge in [-0.15, -0.1) is 11.0 Å². The Bertz CT molecular complexity index is 1250. The predicted octanol–water partition coefficient (Wildman–Crippen LogP) is 4.11. The summed E-state index contributed by atoms with van der Waals surface area (Å²) in [6.45, 7) is 1.79. The molecule has 1 fully saturated rings. The molecule has 5 rings (SSSR count). The van der Waals surface area contributed by atoms with E-state index in [0.717, 1.165) is 25.7 Å². The first-order valence-corrected chi connectivity index (χ1v) is 11.8. The number of nitrogens with one attached hydrogen (secondary N) is 1. The van der Waals surface area contributed by atoms with E-state index in [-0.39, 0.29) is 17.3 Å². The molecule has 6 heteroatoms. The molecule has 0 unspecified atom stereocenters. The molecule has 34 heavy (non-hydrogen) atoms. The van der Waals surface area contributed by atoms with E-state index in [1.807, 2.05) is 18.2 Å². The zero-order chi connectivity index (χ0) is 23.6. The zero-order valence-electron chi connectivity index (χ0n) is 19.3. The van der Waals surface area contributed by atoms with Crippen molar-refractivity contribution in [3.8, 4) is 11.8 Å². The first-order valence-electron chi connectivity index (χ1n) is 11.8. The van der Waals surface area contributed by atoms with Gasteiger partial charge < -0.3 is 5.11 Å². The Kier molecular flexibility index (Phi) is 5.89.